The van der Waals surface area contributed by atoms with E-state index in [2.05, 4.69) is 16.9 Å². The molecule has 1 saturated heterocycles. The summed E-state index contributed by atoms with van der Waals surface area (Å²) in [6.45, 7) is 4.65. The quantitative estimate of drug-likeness (QED) is 0.860. The SMILES string of the molecule is CCCC(=O)N1CCc2nc([C@H]3CCCCN3C)ncc2C1. The molecule has 1 atom stereocenters. The lowest BCUT2D eigenvalue weighted by atomic mass is 10.0. The molecule has 0 aromatic carbocycles. The maximum absolute atomic E-state index is 12.0. The molecular weight excluding hydrogens is 276 g/mol. The number of piperidine rings is 1. The Labute approximate surface area is 132 Å². The average molecular weight is 302 g/mol. The van der Waals surface area contributed by atoms with Crippen LogP contribution in [0.5, 0.6) is 0 Å². The standard InChI is InChI=1S/C17H26N4O/c1-3-6-16(22)21-10-8-14-13(12-21)11-18-17(19-14)15-7-4-5-9-20(15)2/h11,15H,3-10,12H2,1-2H3/t15-/m1/s1. The molecule has 22 heavy (non-hydrogen) atoms. The number of carbonyl (C=O) groups excluding carboxylic acids is 1. The molecule has 0 radical (unpaired) electrons. The maximum atomic E-state index is 12.0. The van der Waals surface area contributed by atoms with Crippen LogP contribution < -0.4 is 0 Å². The van der Waals surface area contributed by atoms with E-state index >= 15 is 0 Å². The Balaban J connectivity index is 1.74. The summed E-state index contributed by atoms with van der Waals surface area (Å²) in [6.07, 6.45) is 8.03. The van der Waals surface area contributed by atoms with Gasteiger partial charge in [0.1, 0.15) is 5.82 Å². The van der Waals surface area contributed by atoms with Gasteiger partial charge in [0, 0.05) is 37.7 Å². The summed E-state index contributed by atoms with van der Waals surface area (Å²) < 4.78 is 0. The zero-order valence-electron chi connectivity index (χ0n) is 13.7. The predicted molar refractivity (Wildman–Crippen MR) is 85.3 cm³/mol. The van der Waals surface area contributed by atoms with Gasteiger partial charge in [0.2, 0.25) is 5.91 Å². The Hall–Kier alpha value is -1.49. The average Bonchev–Trinajstić information content (AvgIpc) is 2.54. The first-order valence-electron chi connectivity index (χ1n) is 8.51. The van der Waals surface area contributed by atoms with Crippen molar-refractivity contribution in [3.8, 4) is 0 Å². The summed E-state index contributed by atoms with van der Waals surface area (Å²) in [5.41, 5.74) is 2.27. The second-order valence-electron chi connectivity index (χ2n) is 6.51. The van der Waals surface area contributed by atoms with Gasteiger partial charge < -0.3 is 4.90 Å². The Kier molecular flexibility index (Phi) is 4.71. The van der Waals surface area contributed by atoms with E-state index in [-0.39, 0.29) is 5.91 Å². The zero-order chi connectivity index (χ0) is 15.5. The summed E-state index contributed by atoms with van der Waals surface area (Å²) in [4.78, 5) is 25.8. The number of aromatic nitrogens is 2. The Morgan fingerprint density at radius 2 is 2.23 bits per heavy atom. The topological polar surface area (TPSA) is 49.3 Å². The smallest absolute Gasteiger partial charge is 0.222 e. The first kappa shape index (κ1) is 15.4. The summed E-state index contributed by atoms with van der Waals surface area (Å²) in [5, 5.41) is 0. The van der Waals surface area contributed by atoms with Crippen LogP contribution in [-0.2, 0) is 17.8 Å². The predicted octanol–water partition coefficient (Wildman–Crippen LogP) is 2.32. The number of carbonyl (C=O) groups is 1. The van der Waals surface area contributed by atoms with E-state index in [4.69, 9.17) is 4.98 Å². The van der Waals surface area contributed by atoms with Crippen LogP contribution in [0.3, 0.4) is 0 Å². The summed E-state index contributed by atoms with van der Waals surface area (Å²) in [7, 11) is 2.16. The summed E-state index contributed by atoms with van der Waals surface area (Å²) in [5.74, 6) is 1.22. The third-order valence-electron chi connectivity index (χ3n) is 4.84. The van der Waals surface area contributed by atoms with E-state index in [1.165, 1.54) is 12.8 Å². The van der Waals surface area contributed by atoms with Gasteiger partial charge in [0.05, 0.1) is 11.7 Å². The minimum absolute atomic E-state index is 0.254. The monoisotopic (exact) mass is 302 g/mol. The first-order chi connectivity index (χ1) is 10.7. The summed E-state index contributed by atoms with van der Waals surface area (Å²) in [6, 6.07) is 0.360. The molecule has 0 spiro atoms. The molecule has 3 rings (SSSR count). The Morgan fingerprint density at radius 3 is 3.00 bits per heavy atom. The lowest BCUT2D eigenvalue weighted by Crippen LogP contribution is -2.37. The lowest BCUT2D eigenvalue weighted by molar-refractivity contribution is -0.132. The van der Waals surface area contributed by atoms with Crippen molar-refractivity contribution in [3.63, 3.8) is 0 Å². The molecular formula is C17H26N4O. The van der Waals surface area contributed by atoms with Crippen LogP contribution in [0.1, 0.15) is 62.2 Å². The molecule has 5 heteroatoms. The van der Waals surface area contributed by atoms with Gasteiger partial charge in [-0.2, -0.15) is 0 Å². The molecule has 5 nitrogen and oxygen atoms in total. The lowest BCUT2D eigenvalue weighted by Gasteiger charge is -2.32. The fraction of sp³-hybridized carbons (Fsp3) is 0.706. The second-order valence-corrected chi connectivity index (χ2v) is 6.51. The molecule has 0 saturated carbocycles. The van der Waals surface area contributed by atoms with Crippen molar-refractivity contribution in [2.75, 3.05) is 20.1 Å². The molecule has 1 aromatic heterocycles. The van der Waals surface area contributed by atoms with Crippen molar-refractivity contribution in [2.24, 2.45) is 0 Å². The number of amides is 1. The van der Waals surface area contributed by atoms with Crippen LogP contribution in [0.2, 0.25) is 0 Å². The van der Waals surface area contributed by atoms with Crippen molar-refractivity contribution >= 4 is 5.91 Å². The third-order valence-corrected chi connectivity index (χ3v) is 4.84. The van der Waals surface area contributed by atoms with E-state index in [1.54, 1.807) is 0 Å². The first-order valence-corrected chi connectivity index (χ1v) is 8.51. The van der Waals surface area contributed by atoms with Crippen LogP contribution in [0, 0.1) is 0 Å². The van der Waals surface area contributed by atoms with Crippen LogP contribution in [0.4, 0.5) is 0 Å². The van der Waals surface area contributed by atoms with Gasteiger partial charge in [0.25, 0.3) is 0 Å². The van der Waals surface area contributed by atoms with Gasteiger partial charge in [-0.05, 0) is 32.9 Å². The van der Waals surface area contributed by atoms with Crippen LogP contribution in [-0.4, -0.2) is 45.8 Å². The van der Waals surface area contributed by atoms with Crippen molar-refractivity contribution in [1.82, 2.24) is 19.8 Å². The van der Waals surface area contributed by atoms with Crippen LogP contribution in [0.25, 0.3) is 0 Å². The fourth-order valence-corrected chi connectivity index (χ4v) is 3.48. The highest BCUT2D eigenvalue weighted by molar-refractivity contribution is 5.76. The van der Waals surface area contributed by atoms with Crippen molar-refractivity contribution in [1.29, 1.82) is 0 Å². The number of fused-ring (bicyclic) bond motifs is 1. The van der Waals surface area contributed by atoms with E-state index in [1.807, 2.05) is 18.0 Å². The minimum Gasteiger partial charge on any atom is -0.338 e. The van der Waals surface area contributed by atoms with E-state index in [9.17, 15) is 4.79 Å². The molecule has 0 bridgehead atoms. The van der Waals surface area contributed by atoms with E-state index in [0.717, 1.165) is 49.4 Å². The van der Waals surface area contributed by atoms with Crippen molar-refractivity contribution < 1.29 is 4.79 Å². The second kappa shape index (κ2) is 6.73. The molecule has 3 heterocycles. The maximum Gasteiger partial charge on any atom is 0.222 e. The van der Waals surface area contributed by atoms with E-state index < -0.39 is 0 Å². The van der Waals surface area contributed by atoms with Gasteiger partial charge in [0.15, 0.2) is 0 Å². The van der Waals surface area contributed by atoms with Gasteiger partial charge in [-0.15, -0.1) is 0 Å². The molecule has 0 N–H and O–H groups in total. The van der Waals surface area contributed by atoms with Gasteiger partial charge in [-0.1, -0.05) is 13.3 Å². The normalized spacial score (nSPS) is 22.5. The zero-order valence-corrected chi connectivity index (χ0v) is 13.7. The highest BCUT2D eigenvalue weighted by Crippen LogP contribution is 2.28. The Morgan fingerprint density at radius 1 is 1.36 bits per heavy atom. The Bertz CT molecular complexity index is 545. The van der Waals surface area contributed by atoms with Crippen LogP contribution in [0.15, 0.2) is 6.20 Å². The highest BCUT2D eigenvalue weighted by Gasteiger charge is 2.26. The molecule has 2 aliphatic rings. The van der Waals surface area contributed by atoms with Crippen LogP contribution >= 0.6 is 0 Å². The van der Waals surface area contributed by atoms with Gasteiger partial charge >= 0.3 is 0 Å². The number of likely N-dealkylation sites (tertiary alicyclic amines) is 1. The fourth-order valence-electron chi connectivity index (χ4n) is 3.48. The van der Waals surface area contributed by atoms with Gasteiger partial charge in [-0.3, -0.25) is 9.69 Å². The molecule has 0 aliphatic carbocycles. The molecule has 1 fully saturated rings. The third kappa shape index (κ3) is 3.14. The van der Waals surface area contributed by atoms with Crippen molar-refractivity contribution in [2.45, 2.75) is 58.0 Å². The number of hydrogen-bond donors (Lipinski definition) is 0. The summed E-state index contributed by atoms with van der Waals surface area (Å²) >= 11 is 0. The number of rotatable bonds is 3. The molecule has 1 aromatic rings. The van der Waals surface area contributed by atoms with Gasteiger partial charge in [-0.25, -0.2) is 9.97 Å². The largest absolute Gasteiger partial charge is 0.338 e. The van der Waals surface area contributed by atoms with Crippen molar-refractivity contribution in [3.05, 3.63) is 23.3 Å². The van der Waals surface area contributed by atoms with E-state index in [0.29, 0.717) is 19.0 Å². The number of hydrogen-bond acceptors (Lipinski definition) is 4. The molecule has 1 amide bonds. The molecule has 2 aliphatic heterocycles. The minimum atomic E-state index is 0.254. The highest BCUT2D eigenvalue weighted by atomic mass is 16.2. The number of nitrogens with zero attached hydrogens (tertiary/aromatic N) is 4. The molecule has 120 valence electrons. The molecule has 0 unspecified atom stereocenters.